The van der Waals surface area contributed by atoms with E-state index in [1.54, 1.807) is 6.92 Å². The Balaban J connectivity index is 2.27. The fraction of sp³-hybridized carbons (Fsp3) is 0.800. The van der Waals surface area contributed by atoms with Gasteiger partial charge in [0.05, 0.1) is 25.6 Å². The molecule has 1 heterocycles. The van der Waals surface area contributed by atoms with Crippen LogP contribution < -0.4 is 15.5 Å². The third-order valence-corrected chi connectivity index (χ3v) is 3.97. The van der Waals surface area contributed by atoms with Crippen LogP contribution in [0, 0.1) is 5.92 Å². The average Bonchev–Trinajstić information content (AvgIpc) is 2.47. The van der Waals surface area contributed by atoms with E-state index in [1.165, 1.54) is 0 Å². The maximum Gasteiger partial charge on any atom is 0.321 e. The highest BCUT2D eigenvalue weighted by atomic mass is 16.5. The molecule has 0 unspecified atom stereocenters. The fourth-order valence-electron chi connectivity index (χ4n) is 2.46. The summed E-state index contributed by atoms with van der Waals surface area (Å²) in [5.41, 5.74) is 0. The van der Waals surface area contributed by atoms with E-state index in [1.807, 2.05) is 13.8 Å². The lowest BCUT2D eigenvalue weighted by Crippen LogP contribution is -3.14. The lowest BCUT2D eigenvalue weighted by Gasteiger charge is -2.27. The van der Waals surface area contributed by atoms with Crippen LogP contribution in [0.15, 0.2) is 0 Å². The van der Waals surface area contributed by atoms with Crippen LogP contribution in [0.2, 0.25) is 0 Å². The molecule has 0 saturated carbocycles. The Bertz CT molecular complexity index is 392. The second kappa shape index (κ2) is 9.40. The number of imide groups is 1. The van der Waals surface area contributed by atoms with E-state index in [0.29, 0.717) is 6.61 Å². The first-order chi connectivity index (χ1) is 10.5. The molecule has 22 heavy (non-hydrogen) atoms. The predicted molar refractivity (Wildman–Crippen MR) is 81.3 cm³/mol. The smallest absolute Gasteiger partial charge is 0.321 e. The Morgan fingerprint density at radius 1 is 1.23 bits per heavy atom. The van der Waals surface area contributed by atoms with Crippen molar-refractivity contribution in [2.24, 2.45) is 5.92 Å². The molecule has 1 aliphatic heterocycles. The molecule has 1 fully saturated rings. The number of quaternary nitrogens is 1. The molecular weight excluding hydrogens is 286 g/mol. The summed E-state index contributed by atoms with van der Waals surface area (Å²) in [5, 5.41) is 5.04. The quantitative estimate of drug-likeness (QED) is 0.575. The van der Waals surface area contributed by atoms with Crippen molar-refractivity contribution < 1.29 is 24.0 Å². The van der Waals surface area contributed by atoms with Gasteiger partial charge in [0.15, 0.2) is 6.54 Å². The molecule has 0 aromatic carbocycles. The number of carbonyl (C=O) groups is 3. The number of amides is 3. The maximum absolute atomic E-state index is 11.8. The van der Waals surface area contributed by atoms with Crippen molar-refractivity contribution in [2.45, 2.75) is 46.1 Å². The molecule has 126 valence electrons. The molecule has 0 bridgehead atoms. The Labute approximate surface area is 131 Å². The second-order valence-electron chi connectivity index (χ2n) is 5.78. The summed E-state index contributed by atoms with van der Waals surface area (Å²) in [6, 6.07) is -0.402. The number of hydrogen-bond acceptors (Lipinski definition) is 4. The molecule has 3 N–H and O–H groups in total. The topological polar surface area (TPSA) is 88.9 Å². The van der Waals surface area contributed by atoms with E-state index in [9.17, 15) is 14.4 Å². The molecule has 1 aliphatic rings. The largest absolute Gasteiger partial charge is 0.466 e. The first kappa shape index (κ1) is 18.4. The Kier molecular flexibility index (Phi) is 7.87. The monoisotopic (exact) mass is 314 g/mol. The summed E-state index contributed by atoms with van der Waals surface area (Å²) in [5.74, 6) is -0.482. The first-order valence-corrected chi connectivity index (χ1v) is 8.06. The highest BCUT2D eigenvalue weighted by Gasteiger charge is 2.29. The van der Waals surface area contributed by atoms with Crippen molar-refractivity contribution in [1.82, 2.24) is 10.6 Å². The molecule has 1 saturated heterocycles. The van der Waals surface area contributed by atoms with Crippen molar-refractivity contribution in [1.29, 1.82) is 0 Å². The minimum Gasteiger partial charge on any atom is -0.466 e. The average molecular weight is 314 g/mol. The van der Waals surface area contributed by atoms with E-state index in [0.717, 1.165) is 37.3 Å². The molecule has 1 rings (SSSR count). The van der Waals surface area contributed by atoms with Gasteiger partial charge in [0.2, 0.25) is 0 Å². The first-order valence-electron chi connectivity index (χ1n) is 8.06. The molecule has 7 nitrogen and oxygen atoms in total. The van der Waals surface area contributed by atoms with Gasteiger partial charge in [-0.1, -0.05) is 6.92 Å². The zero-order valence-electron chi connectivity index (χ0n) is 13.7. The third kappa shape index (κ3) is 6.43. The molecule has 3 amide bonds. The summed E-state index contributed by atoms with van der Waals surface area (Å²) in [7, 11) is 0. The van der Waals surface area contributed by atoms with Crippen LogP contribution in [0.3, 0.4) is 0 Å². The van der Waals surface area contributed by atoms with Gasteiger partial charge in [0.25, 0.3) is 5.91 Å². The summed E-state index contributed by atoms with van der Waals surface area (Å²) >= 11 is 0. The van der Waals surface area contributed by atoms with Gasteiger partial charge in [0, 0.05) is 18.9 Å². The standard InChI is InChI=1S/C15H27N3O4/c1-4-11(3)16-15(21)17-13(19)10-18-8-6-12(7-9-18)14(20)22-5-2/h11-12H,4-10H2,1-3H3,(H2,16,17,19,21)/p+1/t11-/m1/s1. The number of urea groups is 1. The van der Waals surface area contributed by atoms with Gasteiger partial charge in [-0.25, -0.2) is 4.79 Å². The lowest BCUT2D eigenvalue weighted by molar-refractivity contribution is -0.897. The summed E-state index contributed by atoms with van der Waals surface area (Å²) in [6.45, 7) is 7.78. The van der Waals surface area contributed by atoms with Crippen LogP contribution in [0.5, 0.6) is 0 Å². The second-order valence-corrected chi connectivity index (χ2v) is 5.78. The van der Waals surface area contributed by atoms with Crippen molar-refractivity contribution in [3.63, 3.8) is 0 Å². The fourth-order valence-corrected chi connectivity index (χ4v) is 2.46. The van der Waals surface area contributed by atoms with Gasteiger partial charge in [-0.05, 0) is 20.3 Å². The summed E-state index contributed by atoms with van der Waals surface area (Å²) in [4.78, 5) is 36.1. The predicted octanol–water partition coefficient (Wildman–Crippen LogP) is -0.531. The van der Waals surface area contributed by atoms with E-state index >= 15 is 0 Å². The van der Waals surface area contributed by atoms with Crippen molar-refractivity contribution >= 4 is 17.9 Å². The van der Waals surface area contributed by atoms with Gasteiger partial charge < -0.3 is 15.0 Å². The summed E-state index contributed by atoms with van der Waals surface area (Å²) in [6.07, 6.45) is 2.26. The number of carbonyl (C=O) groups excluding carboxylic acids is 3. The number of esters is 1. The number of piperidine rings is 1. The molecule has 1 atom stereocenters. The van der Waals surface area contributed by atoms with Crippen molar-refractivity contribution in [3.8, 4) is 0 Å². The van der Waals surface area contributed by atoms with Gasteiger partial charge in [-0.2, -0.15) is 0 Å². The van der Waals surface area contributed by atoms with Crippen molar-refractivity contribution in [3.05, 3.63) is 0 Å². The number of rotatable bonds is 6. The van der Waals surface area contributed by atoms with Crippen LogP contribution in [-0.4, -0.2) is 50.2 Å². The minimum atomic E-state index is -0.444. The highest BCUT2D eigenvalue weighted by Crippen LogP contribution is 2.11. The molecule has 0 aliphatic carbocycles. The zero-order valence-corrected chi connectivity index (χ0v) is 13.7. The molecule has 0 spiro atoms. The number of likely N-dealkylation sites (tertiary alicyclic amines) is 1. The number of nitrogens with one attached hydrogen (secondary N) is 3. The highest BCUT2D eigenvalue weighted by molar-refractivity contribution is 5.94. The lowest BCUT2D eigenvalue weighted by atomic mass is 9.97. The van der Waals surface area contributed by atoms with Gasteiger partial charge in [-0.3, -0.25) is 14.9 Å². The van der Waals surface area contributed by atoms with Crippen LogP contribution in [0.1, 0.15) is 40.0 Å². The Morgan fingerprint density at radius 2 is 1.86 bits per heavy atom. The van der Waals surface area contributed by atoms with Gasteiger partial charge in [-0.15, -0.1) is 0 Å². The SMILES string of the molecule is CCOC(=O)C1CC[NH+](CC(=O)NC(=O)N[C@H](C)CC)CC1. The number of ether oxygens (including phenoxy) is 1. The zero-order chi connectivity index (χ0) is 16.5. The van der Waals surface area contributed by atoms with Crippen LogP contribution in [0.25, 0.3) is 0 Å². The van der Waals surface area contributed by atoms with E-state index in [4.69, 9.17) is 4.74 Å². The van der Waals surface area contributed by atoms with Gasteiger partial charge >= 0.3 is 12.0 Å². The van der Waals surface area contributed by atoms with Gasteiger partial charge in [0.1, 0.15) is 0 Å². The van der Waals surface area contributed by atoms with E-state index in [2.05, 4.69) is 10.6 Å². The van der Waals surface area contributed by atoms with Crippen LogP contribution >= 0.6 is 0 Å². The van der Waals surface area contributed by atoms with E-state index < -0.39 is 6.03 Å². The minimum absolute atomic E-state index is 0.0421. The van der Waals surface area contributed by atoms with Crippen molar-refractivity contribution in [2.75, 3.05) is 26.2 Å². The van der Waals surface area contributed by atoms with E-state index in [-0.39, 0.29) is 30.4 Å². The third-order valence-electron chi connectivity index (χ3n) is 3.97. The summed E-state index contributed by atoms with van der Waals surface area (Å²) < 4.78 is 5.02. The van der Waals surface area contributed by atoms with Crippen LogP contribution in [-0.2, 0) is 14.3 Å². The number of hydrogen-bond donors (Lipinski definition) is 3. The molecule has 0 aromatic rings. The van der Waals surface area contributed by atoms with Crippen LogP contribution in [0.4, 0.5) is 4.79 Å². The molecule has 7 heteroatoms. The molecule has 0 radical (unpaired) electrons. The molecular formula is C15H28N3O4+. The molecule has 0 aromatic heterocycles. The normalized spacial score (nSPS) is 22.5. The Hall–Kier alpha value is -1.63. The maximum atomic E-state index is 11.8. The Morgan fingerprint density at radius 3 is 2.41 bits per heavy atom.